The van der Waals surface area contributed by atoms with E-state index >= 15 is 0 Å². The summed E-state index contributed by atoms with van der Waals surface area (Å²) in [4.78, 5) is 23.3. The second-order valence-corrected chi connectivity index (χ2v) is 5.57. The van der Waals surface area contributed by atoms with E-state index in [1.165, 1.54) is 0 Å². The summed E-state index contributed by atoms with van der Waals surface area (Å²) in [5, 5.41) is 12.2. The number of aliphatic carboxylic acids is 1. The maximum Gasteiger partial charge on any atom is 0.311 e. The van der Waals surface area contributed by atoms with Crippen molar-refractivity contribution in [3.05, 3.63) is 12.2 Å². The Hall–Kier alpha value is -1.36. The number of carbonyl (C=O) groups excluding carboxylic acids is 1. The lowest BCUT2D eigenvalue weighted by molar-refractivity contribution is -0.149. The number of amides is 1. The van der Waals surface area contributed by atoms with E-state index in [0.29, 0.717) is 12.8 Å². The van der Waals surface area contributed by atoms with Crippen molar-refractivity contribution in [3.63, 3.8) is 0 Å². The molecule has 2 aliphatic rings. The molecule has 0 aromatic heterocycles. The molecule has 2 rings (SSSR count). The molecule has 0 saturated heterocycles. The Balaban J connectivity index is 1.99. The molecular formula is C13H20N2O3. The predicted molar refractivity (Wildman–Crippen MR) is 66.7 cm³/mol. The molecular weight excluding hydrogens is 232 g/mol. The molecule has 5 nitrogen and oxygen atoms in total. The lowest BCUT2D eigenvalue weighted by Gasteiger charge is -2.28. The third-order valence-electron chi connectivity index (χ3n) is 4.22. The van der Waals surface area contributed by atoms with E-state index in [2.05, 4.69) is 5.32 Å². The van der Waals surface area contributed by atoms with E-state index in [9.17, 15) is 14.7 Å². The van der Waals surface area contributed by atoms with Crippen LogP contribution < -0.4 is 11.1 Å². The maximum absolute atomic E-state index is 12.0. The Morgan fingerprint density at radius 1 is 1.44 bits per heavy atom. The molecule has 1 saturated carbocycles. The lowest BCUT2D eigenvalue weighted by atomic mass is 9.84. The molecule has 18 heavy (non-hydrogen) atoms. The summed E-state index contributed by atoms with van der Waals surface area (Å²) in [5.74, 6) is -1.14. The van der Waals surface area contributed by atoms with E-state index in [0.717, 1.165) is 12.8 Å². The zero-order chi connectivity index (χ0) is 13.3. The number of nitrogens with one attached hydrogen (secondary N) is 1. The van der Waals surface area contributed by atoms with Gasteiger partial charge in [0.1, 0.15) is 0 Å². The number of hydrogen-bond acceptors (Lipinski definition) is 3. The Morgan fingerprint density at radius 3 is 2.72 bits per heavy atom. The molecule has 4 N–H and O–H groups in total. The zero-order valence-corrected chi connectivity index (χ0v) is 10.6. The molecule has 4 unspecified atom stereocenters. The van der Waals surface area contributed by atoms with Gasteiger partial charge in [-0.15, -0.1) is 0 Å². The number of carboxylic acids is 1. The van der Waals surface area contributed by atoms with Gasteiger partial charge in [-0.2, -0.15) is 0 Å². The SMILES string of the molecule is CC1(C(=O)O)CCCC1NC(=O)C1C=CC(N)C1. The summed E-state index contributed by atoms with van der Waals surface area (Å²) < 4.78 is 0. The van der Waals surface area contributed by atoms with Crippen molar-refractivity contribution in [1.82, 2.24) is 5.32 Å². The topological polar surface area (TPSA) is 92.4 Å². The highest BCUT2D eigenvalue weighted by molar-refractivity contribution is 5.83. The second kappa shape index (κ2) is 4.72. The van der Waals surface area contributed by atoms with Crippen molar-refractivity contribution in [1.29, 1.82) is 0 Å². The molecule has 0 heterocycles. The van der Waals surface area contributed by atoms with Crippen LogP contribution in [0.3, 0.4) is 0 Å². The van der Waals surface area contributed by atoms with Gasteiger partial charge >= 0.3 is 5.97 Å². The van der Waals surface area contributed by atoms with Crippen LogP contribution in [-0.4, -0.2) is 29.1 Å². The molecule has 0 aromatic carbocycles. The van der Waals surface area contributed by atoms with Gasteiger partial charge in [0, 0.05) is 12.1 Å². The fourth-order valence-corrected chi connectivity index (χ4v) is 2.85. The quantitative estimate of drug-likeness (QED) is 0.643. The van der Waals surface area contributed by atoms with Crippen LogP contribution in [0.1, 0.15) is 32.6 Å². The monoisotopic (exact) mass is 252 g/mol. The highest BCUT2D eigenvalue weighted by Gasteiger charge is 2.46. The van der Waals surface area contributed by atoms with Crippen LogP contribution in [0.2, 0.25) is 0 Å². The summed E-state index contributed by atoms with van der Waals surface area (Å²) in [6.45, 7) is 1.71. The van der Waals surface area contributed by atoms with Gasteiger partial charge in [-0.05, 0) is 26.2 Å². The first-order valence-corrected chi connectivity index (χ1v) is 6.41. The largest absolute Gasteiger partial charge is 0.481 e. The molecule has 1 fully saturated rings. The predicted octanol–water partition coefficient (Wildman–Crippen LogP) is 0.649. The minimum absolute atomic E-state index is 0.0600. The first-order chi connectivity index (χ1) is 8.43. The first kappa shape index (κ1) is 13.1. The Morgan fingerprint density at radius 2 is 2.17 bits per heavy atom. The van der Waals surface area contributed by atoms with Crippen LogP contribution in [0.25, 0.3) is 0 Å². The molecule has 0 aromatic rings. The van der Waals surface area contributed by atoms with E-state index in [-0.39, 0.29) is 23.9 Å². The summed E-state index contributed by atoms with van der Waals surface area (Å²) >= 11 is 0. The van der Waals surface area contributed by atoms with Gasteiger partial charge < -0.3 is 16.2 Å². The van der Waals surface area contributed by atoms with Gasteiger partial charge in [-0.3, -0.25) is 9.59 Å². The molecule has 100 valence electrons. The minimum Gasteiger partial charge on any atom is -0.481 e. The van der Waals surface area contributed by atoms with Crippen molar-refractivity contribution >= 4 is 11.9 Å². The standard InChI is InChI=1S/C13H20N2O3/c1-13(12(17)18)6-2-3-10(13)15-11(16)8-4-5-9(14)7-8/h4-5,8-10H,2-3,6-7,14H2,1H3,(H,15,16)(H,17,18). The van der Waals surface area contributed by atoms with Crippen LogP contribution in [0.5, 0.6) is 0 Å². The molecule has 5 heteroatoms. The van der Waals surface area contributed by atoms with Crippen molar-refractivity contribution in [2.45, 2.75) is 44.7 Å². The van der Waals surface area contributed by atoms with Crippen LogP contribution in [0, 0.1) is 11.3 Å². The summed E-state index contributed by atoms with van der Waals surface area (Å²) in [5.41, 5.74) is 4.88. The van der Waals surface area contributed by atoms with Crippen LogP contribution in [0.15, 0.2) is 12.2 Å². The van der Waals surface area contributed by atoms with Gasteiger partial charge in [0.15, 0.2) is 0 Å². The Bertz CT molecular complexity index is 394. The molecule has 1 amide bonds. The molecule has 0 bridgehead atoms. The van der Waals surface area contributed by atoms with E-state index < -0.39 is 11.4 Å². The van der Waals surface area contributed by atoms with Crippen molar-refractivity contribution in [2.75, 3.05) is 0 Å². The normalized spacial score (nSPS) is 38.9. The third kappa shape index (κ3) is 2.27. The van der Waals surface area contributed by atoms with Gasteiger partial charge in [0.05, 0.1) is 11.3 Å². The van der Waals surface area contributed by atoms with E-state index in [1.54, 1.807) is 6.92 Å². The van der Waals surface area contributed by atoms with Gasteiger partial charge in [0.25, 0.3) is 0 Å². The summed E-state index contributed by atoms with van der Waals surface area (Å²) in [6, 6.07) is -0.331. The number of carboxylic acid groups (broad SMARTS) is 1. The smallest absolute Gasteiger partial charge is 0.311 e. The summed E-state index contributed by atoms with van der Waals surface area (Å²) in [7, 11) is 0. The molecule has 2 aliphatic carbocycles. The van der Waals surface area contributed by atoms with Crippen molar-refractivity contribution in [3.8, 4) is 0 Å². The van der Waals surface area contributed by atoms with Gasteiger partial charge in [-0.1, -0.05) is 18.6 Å². The van der Waals surface area contributed by atoms with Crippen molar-refractivity contribution < 1.29 is 14.7 Å². The molecule has 0 spiro atoms. The van der Waals surface area contributed by atoms with Crippen LogP contribution in [0.4, 0.5) is 0 Å². The number of rotatable bonds is 3. The number of hydrogen-bond donors (Lipinski definition) is 3. The van der Waals surface area contributed by atoms with Crippen molar-refractivity contribution in [2.24, 2.45) is 17.1 Å². The average Bonchev–Trinajstić information content (AvgIpc) is 2.87. The highest BCUT2D eigenvalue weighted by Crippen LogP contribution is 2.38. The first-order valence-electron chi connectivity index (χ1n) is 6.41. The second-order valence-electron chi connectivity index (χ2n) is 5.57. The number of nitrogens with two attached hydrogens (primary N) is 1. The lowest BCUT2D eigenvalue weighted by Crippen LogP contribution is -2.48. The highest BCUT2D eigenvalue weighted by atomic mass is 16.4. The van der Waals surface area contributed by atoms with E-state index in [1.807, 2.05) is 12.2 Å². The minimum atomic E-state index is -0.833. The Labute approximate surface area is 106 Å². The third-order valence-corrected chi connectivity index (χ3v) is 4.22. The zero-order valence-electron chi connectivity index (χ0n) is 10.6. The maximum atomic E-state index is 12.0. The van der Waals surface area contributed by atoms with E-state index in [4.69, 9.17) is 5.73 Å². The molecule has 0 aliphatic heterocycles. The Kier molecular flexibility index (Phi) is 3.43. The fourth-order valence-electron chi connectivity index (χ4n) is 2.85. The molecule has 0 radical (unpaired) electrons. The summed E-state index contributed by atoms with van der Waals surface area (Å²) in [6.07, 6.45) is 6.45. The number of carbonyl (C=O) groups is 2. The average molecular weight is 252 g/mol. The van der Waals surface area contributed by atoms with Gasteiger partial charge in [0.2, 0.25) is 5.91 Å². The van der Waals surface area contributed by atoms with Crippen LogP contribution >= 0.6 is 0 Å². The van der Waals surface area contributed by atoms with Gasteiger partial charge in [-0.25, -0.2) is 0 Å². The fraction of sp³-hybridized carbons (Fsp3) is 0.692. The van der Waals surface area contributed by atoms with Crippen LogP contribution in [-0.2, 0) is 9.59 Å². The molecule has 4 atom stereocenters.